The van der Waals surface area contributed by atoms with Gasteiger partial charge in [-0.05, 0) is 49.2 Å². The van der Waals surface area contributed by atoms with Crippen LogP contribution < -0.4 is 10.5 Å². The molecule has 7 heteroatoms. The van der Waals surface area contributed by atoms with Gasteiger partial charge in [0.2, 0.25) is 0 Å². The zero-order chi connectivity index (χ0) is 15.8. The third-order valence-electron chi connectivity index (χ3n) is 3.05. The number of hydrogen-bond donors (Lipinski definition) is 2. The summed E-state index contributed by atoms with van der Waals surface area (Å²) in [6.07, 6.45) is 0. The standard InChI is InChI=1S/C14H14BrFN2O2S/c1-8-3-4-10(15)6-13(8)18-21(19,20)14-7-12(17)9(2)5-11(14)16/h3-7,18H,17H2,1-2H3. The van der Waals surface area contributed by atoms with E-state index in [1.807, 2.05) is 0 Å². The molecule has 3 N–H and O–H groups in total. The van der Waals surface area contributed by atoms with E-state index in [1.165, 1.54) is 0 Å². The van der Waals surface area contributed by atoms with Crippen LogP contribution in [0.4, 0.5) is 15.8 Å². The Hall–Kier alpha value is -1.60. The summed E-state index contributed by atoms with van der Waals surface area (Å²) in [5.74, 6) is -0.832. The van der Waals surface area contributed by atoms with E-state index in [0.717, 1.165) is 22.2 Å². The molecule has 21 heavy (non-hydrogen) atoms. The zero-order valence-electron chi connectivity index (χ0n) is 11.4. The van der Waals surface area contributed by atoms with Gasteiger partial charge >= 0.3 is 0 Å². The van der Waals surface area contributed by atoms with Crippen molar-refractivity contribution in [2.75, 3.05) is 10.5 Å². The number of nitrogens with one attached hydrogen (secondary N) is 1. The Labute approximate surface area is 131 Å². The molecule has 4 nitrogen and oxygen atoms in total. The van der Waals surface area contributed by atoms with Crippen LogP contribution in [0.5, 0.6) is 0 Å². The Morgan fingerprint density at radius 3 is 2.48 bits per heavy atom. The molecule has 112 valence electrons. The third-order valence-corrected chi connectivity index (χ3v) is 4.93. The lowest BCUT2D eigenvalue weighted by atomic mass is 10.2. The molecular formula is C14H14BrFN2O2S. The van der Waals surface area contributed by atoms with E-state index >= 15 is 0 Å². The third kappa shape index (κ3) is 3.36. The van der Waals surface area contributed by atoms with Gasteiger partial charge in [0.25, 0.3) is 10.0 Å². The van der Waals surface area contributed by atoms with Gasteiger partial charge < -0.3 is 5.73 Å². The molecule has 0 saturated carbocycles. The van der Waals surface area contributed by atoms with Crippen molar-refractivity contribution in [3.63, 3.8) is 0 Å². The molecule has 0 saturated heterocycles. The summed E-state index contributed by atoms with van der Waals surface area (Å²) in [5.41, 5.74) is 7.48. The SMILES string of the molecule is Cc1cc(F)c(S(=O)(=O)Nc2cc(Br)ccc2C)cc1N. The fourth-order valence-electron chi connectivity index (χ4n) is 1.78. The summed E-state index contributed by atoms with van der Waals surface area (Å²) < 4.78 is 41.7. The highest BCUT2D eigenvalue weighted by atomic mass is 79.9. The fourth-order valence-corrected chi connectivity index (χ4v) is 3.36. The highest BCUT2D eigenvalue weighted by Gasteiger charge is 2.21. The Balaban J connectivity index is 2.48. The smallest absolute Gasteiger partial charge is 0.264 e. The molecule has 0 aromatic heterocycles. The largest absolute Gasteiger partial charge is 0.398 e. The van der Waals surface area contributed by atoms with E-state index in [4.69, 9.17) is 5.73 Å². The molecule has 0 atom stereocenters. The molecule has 2 aromatic carbocycles. The average Bonchev–Trinajstić information content (AvgIpc) is 2.37. The van der Waals surface area contributed by atoms with Gasteiger partial charge in [0, 0.05) is 10.2 Å². The maximum Gasteiger partial charge on any atom is 0.264 e. The molecule has 0 fully saturated rings. The predicted molar refractivity (Wildman–Crippen MR) is 85.2 cm³/mol. The number of benzene rings is 2. The fraction of sp³-hybridized carbons (Fsp3) is 0.143. The number of anilines is 2. The van der Waals surface area contributed by atoms with Gasteiger partial charge in [0.05, 0.1) is 5.69 Å². The molecule has 0 aliphatic rings. The normalized spacial score (nSPS) is 11.4. The Morgan fingerprint density at radius 2 is 1.81 bits per heavy atom. The van der Waals surface area contributed by atoms with Crippen LogP contribution in [0.2, 0.25) is 0 Å². The maximum absolute atomic E-state index is 13.9. The quantitative estimate of drug-likeness (QED) is 0.808. The lowest BCUT2D eigenvalue weighted by Gasteiger charge is -2.13. The van der Waals surface area contributed by atoms with Crippen LogP contribution in [0.15, 0.2) is 39.7 Å². The first-order chi connectivity index (χ1) is 9.70. The van der Waals surface area contributed by atoms with E-state index < -0.39 is 20.7 Å². The van der Waals surface area contributed by atoms with E-state index in [0.29, 0.717) is 11.3 Å². The van der Waals surface area contributed by atoms with Crippen LogP contribution in [0.1, 0.15) is 11.1 Å². The summed E-state index contributed by atoms with van der Waals surface area (Å²) in [5, 5.41) is 0. The number of nitrogens with two attached hydrogens (primary N) is 1. The zero-order valence-corrected chi connectivity index (χ0v) is 13.8. The molecule has 0 spiro atoms. The molecule has 0 heterocycles. The molecular weight excluding hydrogens is 359 g/mol. The minimum absolute atomic E-state index is 0.225. The lowest BCUT2D eigenvalue weighted by Crippen LogP contribution is -2.16. The second-order valence-corrected chi connectivity index (χ2v) is 7.27. The van der Waals surface area contributed by atoms with Gasteiger partial charge in [-0.3, -0.25) is 4.72 Å². The van der Waals surface area contributed by atoms with Gasteiger partial charge in [-0.15, -0.1) is 0 Å². The van der Waals surface area contributed by atoms with Crippen LogP contribution in [-0.4, -0.2) is 8.42 Å². The second kappa shape index (κ2) is 5.65. The first-order valence-electron chi connectivity index (χ1n) is 6.05. The highest BCUT2D eigenvalue weighted by molar-refractivity contribution is 9.10. The summed E-state index contributed by atoms with van der Waals surface area (Å²) in [6.45, 7) is 3.37. The number of halogens is 2. The number of rotatable bonds is 3. The summed E-state index contributed by atoms with van der Waals surface area (Å²) in [7, 11) is -4.05. The molecule has 0 unspecified atom stereocenters. The number of aryl methyl sites for hydroxylation is 2. The van der Waals surface area contributed by atoms with Crippen molar-refractivity contribution in [2.24, 2.45) is 0 Å². The van der Waals surface area contributed by atoms with Gasteiger partial charge in [-0.25, -0.2) is 12.8 Å². The summed E-state index contributed by atoms with van der Waals surface area (Å²) >= 11 is 3.27. The van der Waals surface area contributed by atoms with Crippen molar-refractivity contribution in [3.05, 3.63) is 51.7 Å². The first-order valence-corrected chi connectivity index (χ1v) is 8.33. The maximum atomic E-state index is 13.9. The summed E-state index contributed by atoms with van der Waals surface area (Å²) in [6, 6.07) is 7.39. The lowest BCUT2D eigenvalue weighted by molar-refractivity contribution is 0.570. The van der Waals surface area contributed by atoms with Crippen LogP contribution in [0, 0.1) is 19.7 Å². The van der Waals surface area contributed by atoms with Crippen LogP contribution in [0.25, 0.3) is 0 Å². The van der Waals surface area contributed by atoms with Crippen LogP contribution in [0.3, 0.4) is 0 Å². The van der Waals surface area contributed by atoms with Crippen molar-refractivity contribution in [1.29, 1.82) is 0 Å². The Morgan fingerprint density at radius 1 is 1.14 bits per heavy atom. The highest BCUT2D eigenvalue weighted by Crippen LogP contribution is 2.26. The number of hydrogen-bond acceptors (Lipinski definition) is 3. The van der Waals surface area contributed by atoms with Crippen molar-refractivity contribution in [3.8, 4) is 0 Å². The number of sulfonamides is 1. The number of nitrogen functional groups attached to an aromatic ring is 1. The van der Waals surface area contributed by atoms with Gasteiger partial charge in [-0.2, -0.15) is 0 Å². The molecule has 2 rings (SSSR count). The Kier molecular flexibility index (Phi) is 4.25. The van der Waals surface area contributed by atoms with Gasteiger partial charge in [-0.1, -0.05) is 22.0 Å². The molecule has 2 aromatic rings. The Bertz CT molecular complexity index is 807. The average molecular weight is 373 g/mol. The van der Waals surface area contributed by atoms with E-state index in [-0.39, 0.29) is 5.69 Å². The van der Waals surface area contributed by atoms with Crippen molar-refractivity contribution in [1.82, 2.24) is 0 Å². The van der Waals surface area contributed by atoms with Gasteiger partial charge in [0.15, 0.2) is 0 Å². The minimum atomic E-state index is -4.05. The van der Waals surface area contributed by atoms with E-state index in [9.17, 15) is 12.8 Å². The molecule has 0 aliphatic heterocycles. The molecule has 0 amide bonds. The summed E-state index contributed by atoms with van der Waals surface area (Å²) in [4.78, 5) is -0.468. The topological polar surface area (TPSA) is 72.2 Å². The van der Waals surface area contributed by atoms with Crippen molar-refractivity contribution in [2.45, 2.75) is 18.7 Å². The van der Waals surface area contributed by atoms with Gasteiger partial charge in [0.1, 0.15) is 10.7 Å². The molecule has 0 aliphatic carbocycles. The predicted octanol–water partition coefficient (Wildman–Crippen LogP) is 3.59. The molecule has 0 radical (unpaired) electrons. The minimum Gasteiger partial charge on any atom is -0.398 e. The van der Waals surface area contributed by atoms with Crippen LogP contribution >= 0.6 is 15.9 Å². The molecule has 0 bridgehead atoms. The van der Waals surface area contributed by atoms with Crippen molar-refractivity contribution < 1.29 is 12.8 Å². The second-order valence-electron chi connectivity index (χ2n) is 4.70. The van der Waals surface area contributed by atoms with Crippen molar-refractivity contribution >= 4 is 37.3 Å². The van der Waals surface area contributed by atoms with E-state index in [1.54, 1.807) is 32.0 Å². The monoisotopic (exact) mass is 372 g/mol. The first kappa shape index (κ1) is 15.8. The van der Waals surface area contributed by atoms with Crippen LogP contribution in [-0.2, 0) is 10.0 Å². The van der Waals surface area contributed by atoms with E-state index in [2.05, 4.69) is 20.7 Å².